The van der Waals surface area contributed by atoms with E-state index in [-0.39, 0.29) is 0 Å². The lowest BCUT2D eigenvalue weighted by atomic mass is 9.64. The molecule has 1 heteroatoms. The standard InChI is InChI=1S/C19H29N/c1-2-3-14-20-15-12-19(13-16-20)11-7-9-17-8-5-4-6-10-18(17)19/h4-6,10H,2-3,7-9,11-16H2,1H3. The number of hydrogen-bond donors (Lipinski definition) is 0. The second-order valence-corrected chi connectivity index (χ2v) is 6.84. The average Bonchev–Trinajstić information content (AvgIpc) is 2.73. The van der Waals surface area contributed by atoms with Crippen LogP contribution in [-0.2, 0) is 0 Å². The van der Waals surface area contributed by atoms with E-state index in [9.17, 15) is 0 Å². The molecule has 0 aromatic heterocycles. The van der Waals surface area contributed by atoms with Crippen LogP contribution < -0.4 is 0 Å². The Bertz CT molecular complexity index is 419. The number of piperidine rings is 1. The monoisotopic (exact) mass is 271 g/mol. The van der Waals surface area contributed by atoms with E-state index in [1.165, 1.54) is 71.0 Å². The Morgan fingerprint density at radius 1 is 1.15 bits per heavy atom. The molecular weight excluding hydrogens is 242 g/mol. The van der Waals surface area contributed by atoms with Gasteiger partial charge in [-0.2, -0.15) is 0 Å². The lowest BCUT2D eigenvalue weighted by molar-refractivity contribution is 0.117. The zero-order valence-corrected chi connectivity index (χ0v) is 13.0. The quantitative estimate of drug-likeness (QED) is 0.708. The molecule has 0 bridgehead atoms. The zero-order valence-electron chi connectivity index (χ0n) is 13.0. The van der Waals surface area contributed by atoms with E-state index in [2.05, 4.69) is 36.1 Å². The van der Waals surface area contributed by atoms with Gasteiger partial charge in [0, 0.05) is 0 Å². The van der Waals surface area contributed by atoms with Gasteiger partial charge in [-0.15, -0.1) is 0 Å². The highest BCUT2D eigenvalue weighted by Crippen LogP contribution is 2.49. The van der Waals surface area contributed by atoms with Crippen LogP contribution >= 0.6 is 0 Å². The maximum atomic E-state index is 2.70. The lowest BCUT2D eigenvalue weighted by Gasteiger charge is -2.46. The highest BCUT2D eigenvalue weighted by molar-refractivity contribution is 5.39. The van der Waals surface area contributed by atoms with Crippen molar-refractivity contribution in [3.05, 3.63) is 35.5 Å². The van der Waals surface area contributed by atoms with E-state index in [0.29, 0.717) is 5.41 Å². The second-order valence-electron chi connectivity index (χ2n) is 6.84. The maximum Gasteiger partial charge on any atom is -0.00102 e. The molecule has 0 unspecified atom stereocenters. The lowest BCUT2D eigenvalue weighted by Crippen LogP contribution is -2.42. The SMILES string of the molecule is CCCCN1CCC2(CCCC3=C2C=CC=CC3)CC1. The van der Waals surface area contributed by atoms with E-state index in [4.69, 9.17) is 0 Å². The number of nitrogens with zero attached hydrogens (tertiary/aromatic N) is 1. The second kappa shape index (κ2) is 6.30. The third kappa shape index (κ3) is 2.79. The molecule has 3 aliphatic rings. The molecule has 1 fully saturated rings. The largest absolute Gasteiger partial charge is 0.303 e. The van der Waals surface area contributed by atoms with Gasteiger partial charge >= 0.3 is 0 Å². The molecule has 0 aromatic carbocycles. The van der Waals surface area contributed by atoms with Gasteiger partial charge in [0.2, 0.25) is 0 Å². The van der Waals surface area contributed by atoms with Gasteiger partial charge in [-0.25, -0.2) is 0 Å². The van der Waals surface area contributed by atoms with Crippen molar-refractivity contribution in [2.24, 2.45) is 5.41 Å². The Labute approximate surface area is 124 Å². The van der Waals surface area contributed by atoms with E-state index >= 15 is 0 Å². The Balaban J connectivity index is 1.73. The third-order valence-electron chi connectivity index (χ3n) is 5.60. The van der Waals surface area contributed by atoms with Gasteiger partial charge < -0.3 is 4.90 Å². The van der Waals surface area contributed by atoms with Gasteiger partial charge in [-0.1, -0.05) is 43.2 Å². The molecule has 0 radical (unpaired) electrons. The molecule has 20 heavy (non-hydrogen) atoms. The number of fused-ring (bicyclic) bond motifs is 1. The van der Waals surface area contributed by atoms with E-state index in [0.717, 1.165) is 0 Å². The van der Waals surface area contributed by atoms with Gasteiger partial charge in [-0.3, -0.25) is 0 Å². The number of likely N-dealkylation sites (tertiary alicyclic amines) is 1. The van der Waals surface area contributed by atoms with E-state index in [1.54, 1.807) is 11.1 Å². The minimum atomic E-state index is 0.527. The Morgan fingerprint density at radius 3 is 2.80 bits per heavy atom. The summed E-state index contributed by atoms with van der Waals surface area (Å²) in [5.74, 6) is 0. The van der Waals surface area contributed by atoms with Crippen molar-refractivity contribution in [1.82, 2.24) is 4.90 Å². The molecule has 0 atom stereocenters. The summed E-state index contributed by atoms with van der Waals surface area (Å²) in [6.07, 6.45) is 20.1. The highest BCUT2D eigenvalue weighted by Gasteiger charge is 2.39. The summed E-state index contributed by atoms with van der Waals surface area (Å²) in [4.78, 5) is 2.70. The number of unbranched alkanes of at least 4 members (excludes halogenated alkanes) is 1. The van der Waals surface area contributed by atoms with Crippen molar-refractivity contribution in [3.63, 3.8) is 0 Å². The maximum absolute atomic E-state index is 2.70. The molecule has 0 aromatic rings. The molecule has 0 saturated carbocycles. The number of rotatable bonds is 3. The van der Waals surface area contributed by atoms with Crippen molar-refractivity contribution in [2.45, 2.75) is 58.3 Å². The first-order valence-corrected chi connectivity index (χ1v) is 8.62. The van der Waals surface area contributed by atoms with Crippen LogP contribution in [0.15, 0.2) is 35.5 Å². The minimum Gasteiger partial charge on any atom is -0.303 e. The van der Waals surface area contributed by atoms with Crippen molar-refractivity contribution < 1.29 is 0 Å². The topological polar surface area (TPSA) is 3.24 Å². The molecule has 2 aliphatic carbocycles. The fraction of sp³-hybridized carbons (Fsp3) is 0.684. The molecule has 0 amide bonds. The fourth-order valence-corrected chi connectivity index (χ4v) is 4.34. The van der Waals surface area contributed by atoms with E-state index in [1.807, 2.05) is 0 Å². The summed E-state index contributed by atoms with van der Waals surface area (Å²) in [6.45, 7) is 6.25. The molecule has 1 nitrogen and oxygen atoms in total. The first-order chi connectivity index (χ1) is 9.84. The summed E-state index contributed by atoms with van der Waals surface area (Å²) in [7, 11) is 0. The first-order valence-electron chi connectivity index (χ1n) is 8.62. The van der Waals surface area contributed by atoms with Gasteiger partial charge in [0.15, 0.2) is 0 Å². The molecule has 0 N–H and O–H groups in total. The van der Waals surface area contributed by atoms with Crippen molar-refractivity contribution in [2.75, 3.05) is 19.6 Å². The van der Waals surface area contributed by atoms with Crippen LogP contribution in [0, 0.1) is 5.41 Å². The molecular formula is C19H29N. The fourth-order valence-electron chi connectivity index (χ4n) is 4.34. The van der Waals surface area contributed by atoms with Crippen LogP contribution in [-0.4, -0.2) is 24.5 Å². The Hall–Kier alpha value is -0.820. The van der Waals surface area contributed by atoms with Gasteiger partial charge in [0.25, 0.3) is 0 Å². The molecule has 1 heterocycles. The predicted molar refractivity (Wildman–Crippen MR) is 86.8 cm³/mol. The zero-order chi connectivity index (χ0) is 13.8. The highest BCUT2D eigenvalue weighted by atomic mass is 15.1. The summed E-state index contributed by atoms with van der Waals surface area (Å²) < 4.78 is 0. The minimum absolute atomic E-state index is 0.527. The summed E-state index contributed by atoms with van der Waals surface area (Å²) in [5.41, 5.74) is 3.99. The normalized spacial score (nSPS) is 25.9. The van der Waals surface area contributed by atoms with Crippen molar-refractivity contribution in [3.8, 4) is 0 Å². The number of allylic oxidation sites excluding steroid dienone is 6. The molecule has 110 valence electrons. The van der Waals surface area contributed by atoms with Gasteiger partial charge in [-0.05, 0) is 75.6 Å². The Morgan fingerprint density at radius 2 is 2.00 bits per heavy atom. The third-order valence-corrected chi connectivity index (χ3v) is 5.60. The predicted octanol–water partition coefficient (Wildman–Crippen LogP) is 4.87. The van der Waals surface area contributed by atoms with Crippen LogP contribution in [0.25, 0.3) is 0 Å². The average molecular weight is 271 g/mol. The van der Waals surface area contributed by atoms with Crippen LogP contribution in [0.5, 0.6) is 0 Å². The van der Waals surface area contributed by atoms with E-state index < -0.39 is 0 Å². The van der Waals surface area contributed by atoms with Gasteiger partial charge in [0.1, 0.15) is 0 Å². The smallest absolute Gasteiger partial charge is 0.00102 e. The van der Waals surface area contributed by atoms with Crippen LogP contribution in [0.2, 0.25) is 0 Å². The summed E-state index contributed by atoms with van der Waals surface area (Å²) in [6, 6.07) is 0. The van der Waals surface area contributed by atoms with Crippen LogP contribution in [0.1, 0.15) is 58.3 Å². The molecule has 1 saturated heterocycles. The number of hydrogen-bond acceptors (Lipinski definition) is 1. The van der Waals surface area contributed by atoms with Crippen LogP contribution in [0.3, 0.4) is 0 Å². The Kier molecular flexibility index (Phi) is 4.45. The first kappa shape index (κ1) is 14.1. The summed E-state index contributed by atoms with van der Waals surface area (Å²) in [5, 5.41) is 0. The molecule has 1 spiro atoms. The van der Waals surface area contributed by atoms with Crippen molar-refractivity contribution >= 4 is 0 Å². The van der Waals surface area contributed by atoms with Crippen molar-refractivity contribution in [1.29, 1.82) is 0 Å². The van der Waals surface area contributed by atoms with Gasteiger partial charge in [0.05, 0.1) is 0 Å². The molecule has 3 rings (SSSR count). The molecule has 1 aliphatic heterocycles. The van der Waals surface area contributed by atoms with Crippen LogP contribution in [0.4, 0.5) is 0 Å². The summed E-state index contributed by atoms with van der Waals surface area (Å²) >= 11 is 0.